The molecule has 11 heteroatoms. The number of thiazole rings is 1. The molecule has 6 rings (SSSR count). The number of nitrogens with zero attached hydrogens (tertiary/aromatic N) is 8. The molecule has 1 saturated carbocycles. The zero-order valence-corrected chi connectivity index (χ0v) is 22.8. The Morgan fingerprint density at radius 2 is 2.10 bits per heavy atom. The highest BCUT2D eigenvalue weighted by atomic mass is 32.1. The van der Waals surface area contributed by atoms with Crippen molar-refractivity contribution < 1.29 is 0 Å². The third-order valence-electron chi connectivity index (χ3n) is 6.75. The van der Waals surface area contributed by atoms with Crippen molar-refractivity contribution >= 4 is 38.8 Å². The number of rotatable bonds is 6. The summed E-state index contributed by atoms with van der Waals surface area (Å²) in [5.41, 5.74) is 7.14. The van der Waals surface area contributed by atoms with Crippen molar-refractivity contribution in [2.45, 2.75) is 45.7 Å². The molecule has 3 heterocycles. The molecule has 2 aromatic carbocycles. The van der Waals surface area contributed by atoms with Crippen LogP contribution in [0.25, 0.3) is 10.2 Å². The van der Waals surface area contributed by atoms with E-state index in [4.69, 9.17) is 4.99 Å². The Morgan fingerprint density at radius 3 is 2.85 bits per heavy atom. The van der Waals surface area contributed by atoms with Crippen LogP contribution in [0.2, 0.25) is 0 Å². The fourth-order valence-corrected chi connectivity index (χ4v) is 5.51. The molecular weight excluding hydrogens is 508 g/mol. The second kappa shape index (κ2) is 9.68. The van der Waals surface area contributed by atoms with Gasteiger partial charge in [-0.2, -0.15) is 10.5 Å². The van der Waals surface area contributed by atoms with Gasteiger partial charge in [-0.3, -0.25) is 4.99 Å². The molecule has 2 aliphatic rings. The number of nitriles is 2. The minimum Gasteiger partial charge on any atom is -0.373 e. The van der Waals surface area contributed by atoms with Crippen molar-refractivity contribution in [3.63, 3.8) is 0 Å². The number of benzene rings is 2. The van der Waals surface area contributed by atoms with Crippen LogP contribution in [0.3, 0.4) is 0 Å². The molecular formula is C28H28N10S. The standard InChI is InChI=1S/C28H28N10S/c1-28(2,3)13-31-27-21-10-18(9-17(11-29)24(21)32-15-37(27)14-30)34-25(23-12-38(36-35-23)19-7-8-19)20-5-4-6-22-26(20)39-16-33-22/h4-6,9-10,12,16,19,25,32,34H,7-8,13,15H2,1-3H3/t25-/m0/s1. The topological polar surface area (TPSA) is 131 Å². The summed E-state index contributed by atoms with van der Waals surface area (Å²) < 4.78 is 3.01. The zero-order chi connectivity index (χ0) is 27.1. The van der Waals surface area contributed by atoms with Gasteiger partial charge in [0.1, 0.15) is 24.3 Å². The van der Waals surface area contributed by atoms with E-state index in [2.05, 4.69) is 65.0 Å². The molecule has 0 unspecified atom stereocenters. The number of anilines is 2. The highest BCUT2D eigenvalue weighted by molar-refractivity contribution is 7.17. The molecule has 39 heavy (non-hydrogen) atoms. The maximum atomic E-state index is 10.1. The molecule has 0 amide bonds. The van der Waals surface area contributed by atoms with Crippen LogP contribution in [-0.4, -0.2) is 43.9 Å². The van der Waals surface area contributed by atoms with Gasteiger partial charge in [0.2, 0.25) is 0 Å². The normalized spacial score (nSPS) is 16.8. The molecule has 1 aliphatic carbocycles. The number of hydrogen-bond acceptors (Lipinski definition) is 9. The minimum atomic E-state index is -0.329. The Balaban J connectivity index is 1.46. The third kappa shape index (κ3) is 4.89. The Hall–Kier alpha value is -4.48. The van der Waals surface area contributed by atoms with E-state index in [1.54, 1.807) is 11.3 Å². The average Bonchev–Trinajstić information content (AvgIpc) is 3.45. The monoisotopic (exact) mass is 536 g/mol. The van der Waals surface area contributed by atoms with Gasteiger partial charge < -0.3 is 10.6 Å². The van der Waals surface area contributed by atoms with Crippen LogP contribution in [0.4, 0.5) is 11.4 Å². The number of fused-ring (bicyclic) bond motifs is 2. The molecule has 2 aromatic heterocycles. The lowest BCUT2D eigenvalue weighted by Crippen LogP contribution is -2.38. The Labute approximate surface area is 230 Å². The first-order chi connectivity index (χ1) is 18.8. The summed E-state index contributed by atoms with van der Waals surface area (Å²) in [5.74, 6) is 0.558. The van der Waals surface area contributed by atoms with Gasteiger partial charge in [0.15, 0.2) is 6.19 Å². The van der Waals surface area contributed by atoms with E-state index in [-0.39, 0.29) is 18.1 Å². The van der Waals surface area contributed by atoms with E-state index in [1.165, 1.54) is 4.90 Å². The van der Waals surface area contributed by atoms with Gasteiger partial charge in [0.05, 0.1) is 45.3 Å². The summed E-state index contributed by atoms with van der Waals surface area (Å²) in [5, 5.41) is 35.8. The summed E-state index contributed by atoms with van der Waals surface area (Å²) in [4.78, 5) is 10.9. The maximum absolute atomic E-state index is 10.1. The number of aliphatic imine (C=N–C) groups is 1. The molecule has 4 aromatic rings. The minimum absolute atomic E-state index is 0.0566. The van der Waals surface area contributed by atoms with Crippen LogP contribution in [-0.2, 0) is 0 Å². The quantitative estimate of drug-likeness (QED) is 0.319. The summed E-state index contributed by atoms with van der Waals surface area (Å²) in [6.45, 7) is 7.11. The molecule has 1 atom stereocenters. The average molecular weight is 537 g/mol. The lowest BCUT2D eigenvalue weighted by molar-refractivity contribution is 0.426. The fourth-order valence-electron chi connectivity index (χ4n) is 4.68. The largest absolute Gasteiger partial charge is 0.373 e. The molecule has 0 spiro atoms. The maximum Gasteiger partial charge on any atom is 0.187 e. The molecule has 0 bridgehead atoms. The Bertz CT molecular complexity index is 1660. The smallest absolute Gasteiger partial charge is 0.187 e. The first-order valence-corrected chi connectivity index (χ1v) is 13.8. The van der Waals surface area contributed by atoms with E-state index in [0.29, 0.717) is 35.2 Å². The SMILES string of the molecule is CC(C)(C)CN=C1c2cc(N[C@H](c3cn(C4CC4)nn3)c3cccc4ncsc34)cc(C#N)c2NCN1C#N. The van der Waals surface area contributed by atoms with Gasteiger partial charge >= 0.3 is 0 Å². The van der Waals surface area contributed by atoms with E-state index in [0.717, 1.165) is 40.0 Å². The van der Waals surface area contributed by atoms with E-state index < -0.39 is 0 Å². The van der Waals surface area contributed by atoms with Crippen LogP contribution < -0.4 is 10.6 Å². The van der Waals surface area contributed by atoms with Crippen molar-refractivity contribution in [2.75, 3.05) is 23.8 Å². The summed E-state index contributed by atoms with van der Waals surface area (Å²) >= 11 is 1.59. The first kappa shape index (κ1) is 24.8. The van der Waals surface area contributed by atoms with Gasteiger partial charge in [-0.15, -0.1) is 16.4 Å². The summed E-state index contributed by atoms with van der Waals surface area (Å²) in [7, 11) is 0. The lowest BCUT2D eigenvalue weighted by Gasteiger charge is -2.30. The molecule has 0 radical (unpaired) electrons. The fraction of sp³-hybridized carbons (Fsp3) is 0.357. The van der Waals surface area contributed by atoms with Crippen molar-refractivity contribution in [3.8, 4) is 12.3 Å². The second-order valence-electron chi connectivity index (χ2n) is 11.1. The molecule has 1 fully saturated rings. The molecule has 10 nitrogen and oxygen atoms in total. The number of amidine groups is 1. The van der Waals surface area contributed by atoms with Gasteiger partial charge in [0, 0.05) is 17.8 Å². The van der Waals surface area contributed by atoms with Crippen molar-refractivity contribution in [3.05, 3.63) is 64.4 Å². The first-order valence-electron chi connectivity index (χ1n) is 12.9. The summed E-state index contributed by atoms with van der Waals surface area (Å²) in [6.07, 6.45) is 6.46. The second-order valence-corrected chi connectivity index (χ2v) is 12.0. The predicted octanol–water partition coefficient (Wildman–Crippen LogP) is 5.25. The molecule has 196 valence electrons. The van der Waals surface area contributed by atoms with Crippen LogP contribution >= 0.6 is 11.3 Å². The number of aromatic nitrogens is 4. The van der Waals surface area contributed by atoms with Gasteiger partial charge in [-0.25, -0.2) is 14.6 Å². The predicted molar refractivity (Wildman–Crippen MR) is 151 cm³/mol. The Morgan fingerprint density at radius 1 is 1.26 bits per heavy atom. The van der Waals surface area contributed by atoms with Crippen molar-refractivity contribution in [1.82, 2.24) is 24.9 Å². The van der Waals surface area contributed by atoms with E-state index in [1.807, 2.05) is 40.7 Å². The number of nitrogens with one attached hydrogen (secondary N) is 2. The van der Waals surface area contributed by atoms with Crippen LogP contribution in [0.5, 0.6) is 0 Å². The van der Waals surface area contributed by atoms with Gasteiger partial charge in [-0.05, 0) is 42.0 Å². The van der Waals surface area contributed by atoms with Crippen molar-refractivity contribution in [2.24, 2.45) is 10.4 Å². The lowest BCUT2D eigenvalue weighted by atomic mass is 9.97. The third-order valence-corrected chi connectivity index (χ3v) is 7.64. The molecule has 0 saturated heterocycles. The zero-order valence-electron chi connectivity index (χ0n) is 22.0. The van der Waals surface area contributed by atoms with E-state index in [9.17, 15) is 10.5 Å². The molecule has 1 aliphatic heterocycles. The molecule has 2 N–H and O–H groups in total. The summed E-state index contributed by atoms with van der Waals surface area (Å²) in [6, 6.07) is 12.3. The van der Waals surface area contributed by atoms with Crippen LogP contribution in [0.1, 0.15) is 68.1 Å². The van der Waals surface area contributed by atoms with E-state index >= 15 is 0 Å². The van der Waals surface area contributed by atoms with Crippen molar-refractivity contribution in [1.29, 1.82) is 10.5 Å². The number of hydrogen-bond donors (Lipinski definition) is 2. The Kier molecular flexibility index (Phi) is 6.16. The van der Waals surface area contributed by atoms with Gasteiger partial charge in [0.25, 0.3) is 0 Å². The van der Waals surface area contributed by atoms with Gasteiger partial charge in [-0.1, -0.05) is 38.1 Å². The van der Waals surface area contributed by atoms with Crippen LogP contribution in [0.15, 0.2) is 47.0 Å². The highest BCUT2D eigenvalue weighted by Gasteiger charge is 2.30. The highest BCUT2D eigenvalue weighted by Crippen LogP contribution is 2.38. The van der Waals surface area contributed by atoms with Crippen LogP contribution in [0, 0.1) is 28.2 Å².